The standard InChI is InChI=1S/C17H24N2O/c1-2-3-4-5-6-7-13-20-16-11-10-15(18)14-9-8-12-19-17(14)16/h8-12H,2-7,13,18H2,1H3. The molecule has 2 aromatic rings. The molecule has 108 valence electrons. The van der Waals surface area contributed by atoms with Crippen molar-refractivity contribution in [1.29, 1.82) is 0 Å². The quantitative estimate of drug-likeness (QED) is 0.566. The number of pyridine rings is 1. The fourth-order valence-corrected chi connectivity index (χ4v) is 2.35. The maximum Gasteiger partial charge on any atom is 0.145 e. The van der Waals surface area contributed by atoms with Crippen LogP contribution in [0.1, 0.15) is 45.4 Å². The molecule has 1 aromatic heterocycles. The van der Waals surface area contributed by atoms with Crippen LogP contribution in [0.2, 0.25) is 0 Å². The van der Waals surface area contributed by atoms with Crippen molar-refractivity contribution < 1.29 is 4.74 Å². The number of benzene rings is 1. The van der Waals surface area contributed by atoms with Crippen LogP contribution in [0, 0.1) is 0 Å². The Morgan fingerprint density at radius 2 is 1.85 bits per heavy atom. The van der Waals surface area contributed by atoms with Gasteiger partial charge in [0.15, 0.2) is 0 Å². The number of unbranched alkanes of at least 4 members (excludes halogenated alkanes) is 5. The summed E-state index contributed by atoms with van der Waals surface area (Å²) in [7, 11) is 0. The van der Waals surface area contributed by atoms with Gasteiger partial charge in [-0.3, -0.25) is 4.98 Å². The third kappa shape index (κ3) is 3.86. The maximum absolute atomic E-state index is 5.95. The topological polar surface area (TPSA) is 48.1 Å². The molecule has 3 heteroatoms. The second kappa shape index (κ2) is 7.73. The van der Waals surface area contributed by atoms with E-state index in [2.05, 4.69) is 11.9 Å². The zero-order chi connectivity index (χ0) is 14.2. The van der Waals surface area contributed by atoms with Gasteiger partial charge < -0.3 is 10.5 Å². The van der Waals surface area contributed by atoms with Gasteiger partial charge in [0.05, 0.1) is 6.61 Å². The Labute approximate surface area is 121 Å². The van der Waals surface area contributed by atoms with Gasteiger partial charge in [0.25, 0.3) is 0 Å². The number of aromatic nitrogens is 1. The third-order valence-electron chi connectivity index (χ3n) is 3.52. The van der Waals surface area contributed by atoms with Crippen LogP contribution in [0.15, 0.2) is 30.5 Å². The lowest BCUT2D eigenvalue weighted by Crippen LogP contribution is -1.99. The third-order valence-corrected chi connectivity index (χ3v) is 3.52. The van der Waals surface area contributed by atoms with Crippen molar-refractivity contribution >= 4 is 16.6 Å². The Hall–Kier alpha value is -1.77. The van der Waals surface area contributed by atoms with Gasteiger partial charge in [-0.1, -0.05) is 39.0 Å². The van der Waals surface area contributed by atoms with E-state index in [0.717, 1.165) is 35.4 Å². The van der Waals surface area contributed by atoms with E-state index in [-0.39, 0.29) is 0 Å². The molecule has 0 saturated carbocycles. The highest BCUT2D eigenvalue weighted by atomic mass is 16.5. The highest BCUT2D eigenvalue weighted by Crippen LogP contribution is 2.28. The van der Waals surface area contributed by atoms with Gasteiger partial charge in [0.2, 0.25) is 0 Å². The molecule has 0 spiro atoms. The number of ether oxygens (including phenoxy) is 1. The van der Waals surface area contributed by atoms with Crippen molar-refractivity contribution in [3.05, 3.63) is 30.5 Å². The highest BCUT2D eigenvalue weighted by molar-refractivity contribution is 5.94. The Morgan fingerprint density at radius 3 is 2.70 bits per heavy atom. The number of nitrogens with zero attached hydrogens (tertiary/aromatic N) is 1. The highest BCUT2D eigenvalue weighted by Gasteiger charge is 2.05. The van der Waals surface area contributed by atoms with E-state index in [0.29, 0.717) is 0 Å². The smallest absolute Gasteiger partial charge is 0.145 e. The first kappa shape index (κ1) is 14.6. The summed E-state index contributed by atoms with van der Waals surface area (Å²) in [5.74, 6) is 0.836. The molecule has 0 aliphatic heterocycles. The van der Waals surface area contributed by atoms with Crippen LogP contribution in [0.3, 0.4) is 0 Å². The molecule has 1 heterocycles. The van der Waals surface area contributed by atoms with Crippen molar-refractivity contribution in [2.24, 2.45) is 0 Å². The van der Waals surface area contributed by atoms with E-state index in [4.69, 9.17) is 10.5 Å². The van der Waals surface area contributed by atoms with Crippen molar-refractivity contribution in [3.63, 3.8) is 0 Å². The molecule has 0 fully saturated rings. The largest absolute Gasteiger partial charge is 0.491 e. The molecule has 20 heavy (non-hydrogen) atoms. The van der Waals surface area contributed by atoms with Gasteiger partial charge >= 0.3 is 0 Å². The van der Waals surface area contributed by atoms with Crippen molar-refractivity contribution in [3.8, 4) is 5.75 Å². The Kier molecular flexibility index (Phi) is 5.66. The first-order valence-electron chi connectivity index (χ1n) is 7.59. The van der Waals surface area contributed by atoms with Gasteiger partial charge in [0, 0.05) is 17.3 Å². The van der Waals surface area contributed by atoms with E-state index in [9.17, 15) is 0 Å². The van der Waals surface area contributed by atoms with E-state index in [1.807, 2.05) is 24.3 Å². The lowest BCUT2D eigenvalue weighted by Gasteiger charge is -2.10. The minimum absolute atomic E-state index is 0.750. The van der Waals surface area contributed by atoms with E-state index in [1.54, 1.807) is 6.20 Å². The van der Waals surface area contributed by atoms with Crippen LogP contribution in [0.5, 0.6) is 5.75 Å². The summed E-state index contributed by atoms with van der Waals surface area (Å²) in [5.41, 5.74) is 7.56. The van der Waals surface area contributed by atoms with Crippen LogP contribution in [0.4, 0.5) is 5.69 Å². The van der Waals surface area contributed by atoms with Crippen LogP contribution in [0.25, 0.3) is 10.9 Å². The first-order valence-corrected chi connectivity index (χ1v) is 7.59. The molecular weight excluding hydrogens is 248 g/mol. The van der Waals surface area contributed by atoms with Crippen LogP contribution in [-0.4, -0.2) is 11.6 Å². The molecule has 0 bridgehead atoms. The van der Waals surface area contributed by atoms with Gasteiger partial charge in [-0.2, -0.15) is 0 Å². The van der Waals surface area contributed by atoms with Crippen LogP contribution < -0.4 is 10.5 Å². The number of rotatable bonds is 8. The molecule has 0 atom stereocenters. The number of nitrogen functional groups attached to an aromatic ring is 1. The van der Waals surface area contributed by atoms with Gasteiger partial charge in [0.1, 0.15) is 11.3 Å². The molecule has 3 nitrogen and oxygen atoms in total. The molecule has 1 aromatic carbocycles. The summed E-state index contributed by atoms with van der Waals surface area (Å²) >= 11 is 0. The molecular formula is C17H24N2O. The number of fused-ring (bicyclic) bond motifs is 1. The number of anilines is 1. The minimum Gasteiger partial charge on any atom is -0.491 e. The van der Waals surface area contributed by atoms with E-state index >= 15 is 0 Å². The monoisotopic (exact) mass is 272 g/mol. The van der Waals surface area contributed by atoms with E-state index in [1.165, 1.54) is 32.1 Å². The molecule has 2 rings (SSSR count). The molecule has 0 radical (unpaired) electrons. The van der Waals surface area contributed by atoms with Crippen LogP contribution >= 0.6 is 0 Å². The summed E-state index contributed by atoms with van der Waals surface area (Å²) in [5, 5.41) is 0.966. The lowest BCUT2D eigenvalue weighted by molar-refractivity contribution is 0.307. The summed E-state index contributed by atoms with van der Waals surface area (Å²) < 4.78 is 5.86. The first-order chi connectivity index (χ1) is 9.83. The Balaban J connectivity index is 1.86. The molecule has 2 N–H and O–H groups in total. The Morgan fingerprint density at radius 1 is 1.05 bits per heavy atom. The zero-order valence-electron chi connectivity index (χ0n) is 12.3. The average molecular weight is 272 g/mol. The molecule has 0 unspecified atom stereocenters. The maximum atomic E-state index is 5.95. The van der Waals surface area contributed by atoms with Gasteiger partial charge in [-0.25, -0.2) is 0 Å². The fourth-order valence-electron chi connectivity index (χ4n) is 2.35. The van der Waals surface area contributed by atoms with Crippen molar-refractivity contribution in [2.45, 2.75) is 45.4 Å². The molecule has 0 aliphatic rings. The average Bonchev–Trinajstić information content (AvgIpc) is 2.49. The van der Waals surface area contributed by atoms with Crippen LogP contribution in [-0.2, 0) is 0 Å². The predicted molar refractivity (Wildman–Crippen MR) is 85.0 cm³/mol. The second-order valence-electron chi connectivity index (χ2n) is 5.17. The summed E-state index contributed by atoms with van der Waals surface area (Å²) in [4.78, 5) is 4.38. The zero-order valence-corrected chi connectivity index (χ0v) is 12.3. The number of hydrogen-bond acceptors (Lipinski definition) is 3. The summed E-state index contributed by atoms with van der Waals surface area (Å²) in [6.07, 6.45) is 9.38. The minimum atomic E-state index is 0.750. The second-order valence-corrected chi connectivity index (χ2v) is 5.17. The predicted octanol–water partition coefficient (Wildman–Crippen LogP) is 4.56. The summed E-state index contributed by atoms with van der Waals surface area (Å²) in [6, 6.07) is 7.69. The number of hydrogen-bond donors (Lipinski definition) is 1. The molecule has 0 aliphatic carbocycles. The van der Waals surface area contributed by atoms with Gasteiger partial charge in [-0.05, 0) is 30.7 Å². The van der Waals surface area contributed by atoms with Gasteiger partial charge in [-0.15, -0.1) is 0 Å². The van der Waals surface area contributed by atoms with Crippen molar-refractivity contribution in [1.82, 2.24) is 4.98 Å². The van der Waals surface area contributed by atoms with Crippen molar-refractivity contribution in [2.75, 3.05) is 12.3 Å². The number of nitrogens with two attached hydrogens (primary N) is 1. The molecule has 0 amide bonds. The SMILES string of the molecule is CCCCCCCCOc1ccc(N)c2cccnc12. The van der Waals surface area contributed by atoms with E-state index < -0.39 is 0 Å². The Bertz CT molecular complexity index is 540. The fraction of sp³-hybridized carbons (Fsp3) is 0.471. The summed E-state index contributed by atoms with van der Waals surface area (Å²) in [6.45, 7) is 2.99. The molecule has 0 saturated heterocycles. The normalized spacial score (nSPS) is 10.8. The lowest BCUT2D eigenvalue weighted by atomic mass is 10.1.